The van der Waals surface area contributed by atoms with Crippen LogP contribution in [-0.2, 0) is 6.42 Å². The summed E-state index contributed by atoms with van der Waals surface area (Å²) in [5.41, 5.74) is 1.75. The van der Waals surface area contributed by atoms with Gasteiger partial charge in [-0.2, -0.15) is 0 Å². The molecule has 2 rings (SSSR count). The van der Waals surface area contributed by atoms with Gasteiger partial charge in [0.25, 0.3) is 0 Å². The number of rotatable bonds is 3. The number of urea groups is 1. The van der Waals surface area contributed by atoms with Gasteiger partial charge in [0.1, 0.15) is 0 Å². The summed E-state index contributed by atoms with van der Waals surface area (Å²) in [4.78, 5) is 25.2. The zero-order valence-corrected chi connectivity index (χ0v) is 12.8. The number of anilines is 1. The van der Waals surface area contributed by atoms with Gasteiger partial charge in [0.2, 0.25) is 0 Å². The highest BCUT2D eigenvalue weighted by Gasteiger charge is 2.27. The highest BCUT2D eigenvalue weighted by molar-refractivity contribution is 5.95. The largest absolute Gasteiger partial charge is 0.478 e. The molecule has 0 atom stereocenters. The van der Waals surface area contributed by atoms with Crippen LogP contribution in [0.15, 0.2) is 18.2 Å². The molecule has 1 aliphatic rings. The summed E-state index contributed by atoms with van der Waals surface area (Å²) in [6.07, 6.45) is 2.49. The van der Waals surface area contributed by atoms with Crippen LogP contribution in [0.2, 0.25) is 0 Å². The number of amides is 2. The molecular weight excluding hydrogens is 268 g/mol. The fraction of sp³-hybridized carbons (Fsp3) is 0.500. The van der Waals surface area contributed by atoms with E-state index in [4.69, 9.17) is 5.11 Å². The van der Waals surface area contributed by atoms with Gasteiger partial charge in [0.05, 0.1) is 5.56 Å². The van der Waals surface area contributed by atoms with Crippen molar-refractivity contribution < 1.29 is 14.7 Å². The molecule has 2 amide bonds. The fourth-order valence-electron chi connectivity index (χ4n) is 2.39. The van der Waals surface area contributed by atoms with Crippen LogP contribution in [0.3, 0.4) is 0 Å². The first-order valence-corrected chi connectivity index (χ1v) is 7.30. The Kier molecular flexibility index (Phi) is 4.21. The number of fused-ring (bicyclic) bond motifs is 1. The van der Waals surface area contributed by atoms with Crippen molar-refractivity contribution in [2.75, 3.05) is 11.4 Å². The lowest BCUT2D eigenvalue weighted by molar-refractivity contribution is 0.0696. The summed E-state index contributed by atoms with van der Waals surface area (Å²) in [5, 5.41) is 12.1. The number of aryl methyl sites for hydroxylation is 1. The topological polar surface area (TPSA) is 69.6 Å². The van der Waals surface area contributed by atoms with Crippen LogP contribution in [0.25, 0.3) is 0 Å². The molecule has 0 radical (unpaired) electrons. The van der Waals surface area contributed by atoms with Gasteiger partial charge in [0.15, 0.2) is 0 Å². The average molecular weight is 290 g/mol. The molecule has 0 saturated carbocycles. The predicted molar refractivity (Wildman–Crippen MR) is 82.0 cm³/mol. The van der Waals surface area contributed by atoms with E-state index in [9.17, 15) is 9.59 Å². The molecule has 0 unspecified atom stereocenters. The highest BCUT2D eigenvalue weighted by Crippen LogP contribution is 2.28. The Hall–Kier alpha value is -2.04. The zero-order valence-electron chi connectivity index (χ0n) is 12.8. The van der Waals surface area contributed by atoms with Crippen molar-refractivity contribution in [3.8, 4) is 0 Å². The molecule has 21 heavy (non-hydrogen) atoms. The number of carbonyl (C=O) groups excluding carboxylic acids is 1. The van der Waals surface area contributed by atoms with Crippen LogP contribution in [0.4, 0.5) is 10.5 Å². The van der Waals surface area contributed by atoms with Crippen molar-refractivity contribution in [2.45, 2.75) is 45.6 Å². The summed E-state index contributed by atoms with van der Waals surface area (Å²) in [6, 6.07) is 4.84. The van der Waals surface area contributed by atoms with Gasteiger partial charge in [0, 0.05) is 17.8 Å². The smallest absolute Gasteiger partial charge is 0.335 e. The molecule has 5 heteroatoms. The van der Waals surface area contributed by atoms with Crippen molar-refractivity contribution in [3.05, 3.63) is 29.3 Å². The van der Waals surface area contributed by atoms with Crippen LogP contribution < -0.4 is 10.2 Å². The second-order valence-electron chi connectivity index (χ2n) is 6.07. The van der Waals surface area contributed by atoms with Gasteiger partial charge in [-0.05, 0) is 56.9 Å². The first kappa shape index (κ1) is 15.4. The Labute approximate surface area is 125 Å². The van der Waals surface area contributed by atoms with E-state index in [1.807, 2.05) is 20.8 Å². The molecule has 1 heterocycles. The van der Waals surface area contributed by atoms with Gasteiger partial charge in [-0.1, -0.05) is 6.92 Å². The van der Waals surface area contributed by atoms with E-state index in [0.29, 0.717) is 6.54 Å². The second-order valence-corrected chi connectivity index (χ2v) is 6.07. The van der Waals surface area contributed by atoms with Crippen molar-refractivity contribution in [3.63, 3.8) is 0 Å². The average Bonchev–Trinajstić information content (AvgIpc) is 2.45. The maximum atomic E-state index is 12.5. The number of hydrogen-bond donors (Lipinski definition) is 2. The number of hydrogen-bond acceptors (Lipinski definition) is 2. The highest BCUT2D eigenvalue weighted by atomic mass is 16.4. The zero-order chi connectivity index (χ0) is 15.6. The van der Waals surface area contributed by atoms with E-state index < -0.39 is 5.97 Å². The third-order valence-electron chi connectivity index (χ3n) is 4.02. The van der Waals surface area contributed by atoms with Crippen LogP contribution in [0.1, 0.15) is 49.5 Å². The molecule has 0 spiro atoms. The standard InChI is InChI=1S/C16H22N2O3/c1-4-16(2,3)17-15(21)18-9-5-6-11-10-12(14(19)20)7-8-13(11)18/h7-8,10H,4-6,9H2,1-3H3,(H,17,21)(H,19,20). The third-order valence-corrected chi connectivity index (χ3v) is 4.02. The minimum Gasteiger partial charge on any atom is -0.478 e. The number of nitrogens with zero attached hydrogens (tertiary/aromatic N) is 1. The molecule has 0 fully saturated rings. The van der Waals surface area contributed by atoms with Gasteiger partial charge >= 0.3 is 12.0 Å². The molecule has 0 aliphatic carbocycles. The molecule has 114 valence electrons. The fourth-order valence-corrected chi connectivity index (χ4v) is 2.39. The Bertz CT molecular complexity index is 567. The number of carbonyl (C=O) groups is 2. The van der Waals surface area contributed by atoms with E-state index in [2.05, 4.69) is 5.32 Å². The monoisotopic (exact) mass is 290 g/mol. The Balaban J connectivity index is 2.26. The molecule has 2 N–H and O–H groups in total. The summed E-state index contributed by atoms with van der Waals surface area (Å²) in [6.45, 7) is 6.67. The van der Waals surface area contributed by atoms with Crippen molar-refractivity contribution in [1.82, 2.24) is 5.32 Å². The van der Waals surface area contributed by atoms with E-state index in [0.717, 1.165) is 30.5 Å². The normalized spacial score (nSPS) is 14.5. The maximum Gasteiger partial charge on any atom is 0.335 e. The molecule has 0 saturated heterocycles. The first-order valence-electron chi connectivity index (χ1n) is 7.30. The number of nitrogens with one attached hydrogen (secondary N) is 1. The molecular formula is C16H22N2O3. The van der Waals surface area contributed by atoms with Gasteiger partial charge in [-0.15, -0.1) is 0 Å². The minimum atomic E-state index is -0.938. The summed E-state index contributed by atoms with van der Waals surface area (Å²) in [7, 11) is 0. The summed E-state index contributed by atoms with van der Waals surface area (Å²) >= 11 is 0. The van der Waals surface area contributed by atoms with E-state index >= 15 is 0 Å². The summed E-state index contributed by atoms with van der Waals surface area (Å²) in [5.74, 6) is -0.938. The van der Waals surface area contributed by atoms with Crippen LogP contribution in [0, 0.1) is 0 Å². The number of carboxylic acid groups (broad SMARTS) is 1. The van der Waals surface area contributed by atoms with Gasteiger partial charge < -0.3 is 10.4 Å². The lowest BCUT2D eigenvalue weighted by atomic mass is 9.99. The lowest BCUT2D eigenvalue weighted by Crippen LogP contribution is -2.51. The quantitative estimate of drug-likeness (QED) is 0.899. The van der Waals surface area contributed by atoms with Crippen LogP contribution in [-0.4, -0.2) is 29.2 Å². The second kappa shape index (κ2) is 5.76. The molecule has 0 bridgehead atoms. The van der Waals surface area contributed by atoms with Gasteiger partial charge in [-0.25, -0.2) is 9.59 Å². The molecule has 5 nitrogen and oxygen atoms in total. The van der Waals surface area contributed by atoms with Crippen molar-refractivity contribution in [1.29, 1.82) is 0 Å². The van der Waals surface area contributed by atoms with Crippen LogP contribution in [0.5, 0.6) is 0 Å². The Morgan fingerprint density at radius 3 is 2.71 bits per heavy atom. The number of aromatic carboxylic acids is 1. The number of carboxylic acids is 1. The van der Waals surface area contributed by atoms with E-state index in [1.165, 1.54) is 0 Å². The predicted octanol–water partition coefficient (Wildman–Crippen LogP) is 3.04. The molecule has 0 aromatic heterocycles. The van der Waals surface area contributed by atoms with E-state index in [1.54, 1.807) is 23.1 Å². The molecule has 1 aromatic carbocycles. The molecule has 1 aromatic rings. The third kappa shape index (κ3) is 3.35. The lowest BCUT2D eigenvalue weighted by Gasteiger charge is -2.33. The van der Waals surface area contributed by atoms with E-state index in [-0.39, 0.29) is 17.1 Å². The number of benzene rings is 1. The SMILES string of the molecule is CCC(C)(C)NC(=O)N1CCCc2cc(C(=O)O)ccc21. The van der Waals surface area contributed by atoms with Crippen molar-refractivity contribution in [2.24, 2.45) is 0 Å². The minimum absolute atomic E-state index is 0.120. The Morgan fingerprint density at radius 1 is 1.38 bits per heavy atom. The summed E-state index contributed by atoms with van der Waals surface area (Å²) < 4.78 is 0. The van der Waals surface area contributed by atoms with Gasteiger partial charge in [-0.3, -0.25) is 4.90 Å². The maximum absolute atomic E-state index is 12.5. The first-order chi connectivity index (χ1) is 9.84. The Morgan fingerprint density at radius 2 is 2.10 bits per heavy atom. The molecule has 1 aliphatic heterocycles. The van der Waals surface area contributed by atoms with Crippen LogP contribution >= 0.6 is 0 Å². The van der Waals surface area contributed by atoms with Crippen molar-refractivity contribution >= 4 is 17.7 Å².